The van der Waals surface area contributed by atoms with Gasteiger partial charge in [0.15, 0.2) is 0 Å². The Balaban J connectivity index is 2.18. The van der Waals surface area contributed by atoms with E-state index in [9.17, 15) is 0 Å². The molecular formula is C17H12N2O. The number of hydrogen-bond donors (Lipinski definition) is 0. The third-order valence-corrected chi connectivity index (χ3v) is 3.45. The van der Waals surface area contributed by atoms with Gasteiger partial charge in [-0.15, -0.1) is 0 Å². The van der Waals surface area contributed by atoms with Crippen LogP contribution >= 0.6 is 0 Å². The minimum Gasteiger partial charge on any atom is -0.461 e. The van der Waals surface area contributed by atoms with Crippen molar-refractivity contribution in [3.8, 4) is 11.3 Å². The molecule has 3 heteroatoms. The predicted octanol–water partition coefficient (Wildman–Crippen LogP) is 4.35. The Hall–Kier alpha value is -2.68. The average Bonchev–Trinajstić information content (AvgIpc) is 2.89. The van der Waals surface area contributed by atoms with Gasteiger partial charge >= 0.3 is 0 Å². The number of fused-ring (bicyclic) bond motifs is 3. The zero-order chi connectivity index (χ0) is 13.5. The molecule has 0 saturated heterocycles. The van der Waals surface area contributed by atoms with Crippen molar-refractivity contribution in [3.05, 3.63) is 60.6 Å². The summed E-state index contributed by atoms with van der Waals surface area (Å²) in [6.45, 7) is 1.96. The molecule has 0 aliphatic heterocycles. The monoisotopic (exact) mass is 260 g/mol. The first kappa shape index (κ1) is 11.2. The number of hydrogen-bond acceptors (Lipinski definition) is 3. The Labute approximate surface area is 115 Å². The van der Waals surface area contributed by atoms with E-state index in [0.29, 0.717) is 0 Å². The Morgan fingerprint density at radius 2 is 1.75 bits per heavy atom. The molecule has 3 heterocycles. The van der Waals surface area contributed by atoms with Crippen molar-refractivity contribution >= 4 is 21.9 Å². The van der Waals surface area contributed by atoms with E-state index in [0.717, 1.165) is 38.9 Å². The van der Waals surface area contributed by atoms with Crippen molar-refractivity contribution in [3.63, 3.8) is 0 Å². The van der Waals surface area contributed by atoms with Crippen LogP contribution in [0.4, 0.5) is 0 Å². The average molecular weight is 260 g/mol. The second kappa shape index (κ2) is 4.17. The molecule has 3 nitrogen and oxygen atoms in total. The van der Waals surface area contributed by atoms with Crippen LogP contribution in [0.5, 0.6) is 0 Å². The second-order valence-corrected chi connectivity index (χ2v) is 4.81. The van der Waals surface area contributed by atoms with E-state index in [4.69, 9.17) is 9.40 Å². The zero-order valence-corrected chi connectivity index (χ0v) is 11.0. The molecule has 20 heavy (non-hydrogen) atoms. The third-order valence-electron chi connectivity index (χ3n) is 3.45. The molecule has 0 atom stereocenters. The van der Waals surface area contributed by atoms with Crippen molar-refractivity contribution in [1.82, 2.24) is 9.97 Å². The van der Waals surface area contributed by atoms with Crippen molar-refractivity contribution in [2.75, 3.05) is 0 Å². The van der Waals surface area contributed by atoms with Crippen molar-refractivity contribution < 1.29 is 4.42 Å². The number of furan rings is 1. The van der Waals surface area contributed by atoms with Crippen LogP contribution in [-0.4, -0.2) is 9.97 Å². The Kier molecular flexibility index (Phi) is 2.33. The molecule has 0 spiro atoms. The highest BCUT2D eigenvalue weighted by atomic mass is 16.3. The Morgan fingerprint density at radius 3 is 2.60 bits per heavy atom. The van der Waals surface area contributed by atoms with E-state index in [2.05, 4.69) is 4.98 Å². The van der Waals surface area contributed by atoms with Crippen LogP contribution in [0.2, 0.25) is 0 Å². The predicted molar refractivity (Wildman–Crippen MR) is 79.5 cm³/mol. The molecule has 4 rings (SSSR count). The highest BCUT2D eigenvalue weighted by Gasteiger charge is 2.13. The van der Waals surface area contributed by atoms with E-state index in [1.54, 1.807) is 12.4 Å². The van der Waals surface area contributed by atoms with Gasteiger partial charge in [-0.25, -0.2) is 4.98 Å². The van der Waals surface area contributed by atoms with Crippen LogP contribution in [0.25, 0.3) is 33.1 Å². The molecule has 0 amide bonds. The molecule has 0 N–H and O–H groups in total. The molecule has 4 aromatic rings. The van der Waals surface area contributed by atoms with Gasteiger partial charge in [0.05, 0.1) is 11.2 Å². The molecule has 0 bridgehead atoms. The Morgan fingerprint density at radius 1 is 0.950 bits per heavy atom. The first-order valence-corrected chi connectivity index (χ1v) is 6.52. The van der Waals surface area contributed by atoms with Crippen LogP contribution in [-0.2, 0) is 0 Å². The minimum absolute atomic E-state index is 0.897. The molecule has 96 valence electrons. The molecule has 0 aliphatic carbocycles. The summed E-state index contributed by atoms with van der Waals surface area (Å²) in [4.78, 5) is 8.87. The number of para-hydroxylation sites is 1. The number of benzene rings is 1. The molecule has 0 saturated carbocycles. The van der Waals surface area contributed by atoms with Crippen LogP contribution in [0.1, 0.15) is 5.76 Å². The van der Waals surface area contributed by atoms with Gasteiger partial charge in [-0.1, -0.05) is 12.1 Å². The summed E-state index contributed by atoms with van der Waals surface area (Å²) >= 11 is 0. The summed E-state index contributed by atoms with van der Waals surface area (Å²) in [7, 11) is 0. The Bertz CT molecular complexity index is 910. The largest absolute Gasteiger partial charge is 0.461 e. The van der Waals surface area contributed by atoms with Crippen LogP contribution in [0.15, 0.2) is 59.3 Å². The maximum atomic E-state index is 5.89. The molecule has 0 unspecified atom stereocenters. The van der Waals surface area contributed by atoms with Crippen molar-refractivity contribution in [2.45, 2.75) is 6.92 Å². The van der Waals surface area contributed by atoms with Crippen LogP contribution in [0, 0.1) is 6.92 Å². The fraction of sp³-hybridized carbons (Fsp3) is 0.0588. The van der Waals surface area contributed by atoms with Crippen molar-refractivity contribution in [2.24, 2.45) is 0 Å². The highest BCUT2D eigenvalue weighted by molar-refractivity contribution is 6.08. The van der Waals surface area contributed by atoms with Gasteiger partial charge in [0, 0.05) is 28.7 Å². The first-order valence-electron chi connectivity index (χ1n) is 6.52. The lowest BCUT2D eigenvalue weighted by molar-refractivity contribution is 0.581. The van der Waals surface area contributed by atoms with Crippen LogP contribution < -0.4 is 0 Å². The first-order chi connectivity index (χ1) is 9.83. The molecular weight excluding hydrogens is 248 g/mol. The SMILES string of the molecule is Cc1cc2c(-c3ccncc3)nc3ccccc3c2o1. The number of aromatic nitrogens is 2. The van der Waals surface area contributed by atoms with Gasteiger partial charge in [-0.05, 0) is 37.3 Å². The topological polar surface area (TPSA) is 38.9 Å². The van der Waals surface area contributed by atoms with Gasteiger partial charge in [0.2, 0.25) is 0 Å². The fourth-order valence-corrected chi connectivity index (χ4v) is 2.56. The summed E-state index contributed by atoms with van der Waals surface area (Å²) in [6.07, 6.45) is 3.57. The molecule has 0 radical (unpaired) electrons. The number of rotatable bonds is 1. The smallest absolute Gasteiger partial charge is 0.145 e. The maximum Gasteiger partial charge on any atom is 0.145 e. The third kappa shape index (κ3) is 1.60. The molecule has 0 fully saturated rings. The van der Waals surface area contributed by atoms with E-state index in [1.165, 1.54) is 0 Å². The van der Waals surface area contributed by atoms with E-state index in [-0.39, 0.29) is 0 Å². The van der Waals surface area contributed by atoms with Crippen LogP contribution in [0.3, 0.4) is 0 Å². The zero-order valence-electron chi connectivity index (χ0n) is 11.0. The van der Waals surface area contributed by atoms with E-state index in [1.807, 2.05) is 49.4 Å². The van der Waals surface area contributed by atoms with E-state index < -0.39 is 0 Å². The number of pyridine rings is 2. The fourth-order valence-electron chi connectivity index (χ4n) is 2.56. The molecule has 3 aromatic heterocycles. The van der Waals surface area contributed by atoms with Gasteiger partial charge < -0.3 is 4.42 Å². The van der Waals surface area contributed by atoms with Gasteiger partial charge in [0.1, 0.15) is 11.3 Å². The normalized spacial score (nSPS) is 11.2. The maximum absolute atomic E-state index is 5.89. The number of aryl methyl sites for hydroxylation is 1. The van der Waals surface area contributed by atoms with Gasteiger partial charge in [0.25, 0.3) is 0 Å². The molecule has 1 aromatic carbocycles. The van der Waals surface area contributed by atoms with E-state index >= 15 is 0 Å². The summed E-state index contributed by atoms with van der Waals surface area (Å²) in [5, 5.41) is 2.10. The second-order valence-electron chi connectivity index (χ2n) is 4.81. The summed E-state index contributed by atoms with van der Waals surface area (Å²) < 4.78 is 5.89. The van der Waals surface area contributed by atoms with Crippen molar-refractivity contribution in [1.29, 1.82) is 0 Å². The summed E-state index contributed by atoms with van der Waals surface area (Å²) in [6, 6.07) is 14.0. The van der Waals surface area contributed by atoms with Gasteiger partial charge in [-0.3, -0.25) is 4.98 Å². The van der Waals surface area contributed by atoms with Gasteiger partial charge in [-0.2, -0.15) is 0 Å². The number of nitrogens with zero attached hydrogens (tertiary/aromatic N) is 2. The molecule has 0 aliphatic rings. The quantitative estimate of drug-likeness (QED) is 0.510. The summed E-state index contributed by atoms with van der Waals surface area (Å²) in [5.74, 6) is 0.897. The lowest BCUT2D eigenvalue weighted by atomic mass is 10.1. The lowest BCUT2D eigenvalue weighted by Gasteiger charge is -2.05. The standard InChI is InChI=1S/C17H12N2O/c1-11-10-14-16(12-6-8-18-9-7-12)19-15-5-3-2-4-13(15)17(14)20-11/h2-10H,1H3. The summed E-state index contributed by atoms with van der Waals surface area (Å²) in [5.41, 5.74) is 3.84. The minimum atomic E-state index is 0.897. The highest BCUT2D eigenvalue weighted by Crippen LogP contribution is 2.33. The lowest BCUT2D eigenvalue weighted by Crippen LogP contribution is -1.87.